The van der Waals surface area contributed by atoms with Crippen LogP contribution < -0.4 is 10.6 Å². The lowest BCUT2D eigenvalue weighted by atomic mass is 9.99. The summed E-state index contributed by atoms with van der Waals surface area (Å²) in [6, 6.07) is 13.3. The lowest BCUT2D eigenvalue weighted by molar-refractivity contribution is -0.384. The molecule has 0 aromatic heterocycles. The molecule has 1 aliphatic rings. The number of carbonyl (C=O) groups is 1. The number of hydrogen-bond acceptors (Lipinski definition) is 5. The van der Waals surface area contributed by atoms with Gasteiger partial charge in [0.2, 0.25) is 5.91 Å². The highest BCUT2D eigenvalue weighted by atomic mass is 19.1. The molecule has 30 heavy (non-hydrogen) atoms. The van der Waals surface area contributed by atoms with Crippen molar-refractivity contribution in [3.8, 4) is 0 Å². The second-order valence-corrected chi connectivity index (χ2v) is 7.82. The van der Waals surface area contributed by atoms with Crippen molar-refractivity contribution in [1.29, 1.82) is 0 Å². The van der Waals surface area contributed by atoms with E-state index in [1.807, 2.05) is 13.0 Å². The largest absolute Gasteiger partial charge is 0.370 e. The number of nitrogens with two attached hydrogens (primary N) is 1. The minimum atomic E-state index is -0.417. The molecule has 1 aliphatic heterocycles. The second kappa shape index (κ2) is 9.67. The average molecular weight is 414 g/mol. The van der Waals surface area contributed by atoms with Crippen LogP contribution in [0.25, 0.3) is 0 Å². The highest BCUT2D eigenvalue weighted by Crippen LogP contribution is 2.28. The van der Waals surface area contributed by atoms with Crippen LogP contribution in [0, 0.1) is 15.9 Å². The van der Waals surface area contributed by atoms with E-state index in [-0.39, 0.29) is 29.5 Å². The van der Waals surface area contributed by atoms with Crippen molar-refractivity contribution >= 4 is 17.3 Å². The van der Waals surface area contributed by atoms with Gasteiger partial charge in [-0.3, -0.25) is 19.8 Å². The number of likely N-dealkylation sites (tertiary alicyclic amines) is 1. The minimum absolute atomic E-state index is 0.0413. The standard InChI is InChI=1S/C22H27FN4O3/c1-16(13-22(24)28)25-11-9-20(10-12-25)26(15-17-3-2-4-18(23)14-17)19-5-7-21(8-6-19)27(29)30/h2-8,14,16,20H,9-13,15H2,1H3,(H2,24,28). The van der Waals surface area contributed by atoms with Crippen LogP contribution in [0.15, 0.2) is 48.5 Å². The predicted molar refractivity (Wildman–Crippen MR) is 114 cm³/mol. The number of rotatable bonds is 8. The number of non-ortho nitro benzene ring substituents is 1. The van der Waals surface area contributed by atoms with Gasteiger partial charge in [0.15, 0.2) is 0 Å². The van der Waals surface area contributed by atoms with E-state index in [4.69, 9.17) is 5.73 Å². The number of hydrogen-bond donors (Lipinski definition) is 1. The van der Waals surface area contributed by atoms with Crippen LogP contribution in [0.2, 0.25) is 0 Å². The van der Waals surface area contributed by atoms with Crippen molar-refractivity contribution in [3.63, 3.8) is 0 Å². The molecule has 2 aromatic rings. The summed E-state index contributed by atoms with van der Waals surface area (Å²) < 4.78 is 13.7. The van der Waals surface area contributed by atoms with Crippen LogP contribution in [-0.2, 0) is 11.3 Å². The Morgan fingerprint density at radius 3 is 2.50 bits per heavy atom. The van der Waals surface area contributed by atoms with Gasteiger partial charge in [0.25, 0.3) is 5.69 Å². The first-order valence-electron chi connectivity index (χ1n) is 10.1. The maximum Gasteiger partial charge on any atom is 0.269 e. The number of nitrogens with zero attached hydrogens (tertiary/aromatic N) is 3. The third kappa shape index (κ3) is 5.54. The third-order valence-electron chi connectivity index (χ3n) is 5.69. The molecule has 1 unspecified atom stereocenters. The molecule has 0 radical (unpaired) electrons. The number of amides is 1. The van der Waals surface area contributed by atoms with E-state index in [0.717, 1.165) is 37.2 Å². The zero-order valence-electron chi connectivity index (χ0n) is 17.0. The zero-order valence-corrected chi connectivity index (χ0v) is 17.0. The van der Waals surface area contributed by atoms with Crippen LogP contribution in [0.3, 0.4) is 0 Å². The monoisotopic (exact) mass is 414 g/mol. The Balaban J connectivity index is 1.77. The number of piperidine rings is 1. The fourth-order valence-corrected chi connectivity index (χ4v) is 4.09. The van der Waals surface area contributed by atoms with Gasteiger partial charge in [-0.2, -0.15) is 0 Å². The number of nitro benzene ring substituents is 1. The normalized spacial score (nSPS) is 16.2. The summed E-state index contributed by atoms with van der Waals surface area (Å²) in [7, 11) is 0. The van der Waals surface area contributed by atoms with Crippen molar-refractivity contribution in [3.05, 3.63) is 70.0 Å². The highest BCUT2D eigenvalue weighted by molar-refractivity contribution is 5.74. The molecule has 1 heterocycles. The SMILES string of the molecule is CC(CC(N)=O)N1CCC(N(Cc2cccc(F)c2)c2ccc([N+](=O)[O-])cc2)CC1. The quantitative estimate of drug-likeness (QED) is 0.527. The number of halogens is 1. The van der Waals surface area contributed by atoms with Gasteiger partial charge in [-0.15, -0.1) is 0 Å². The van der Waals surface area contributed by atoms with E-state index in [1.54, 1.807) is 18.2 Å². The molecule has 0 bridgehead atoms. The number of anilines is 1. The molecule has 7 nitrogen and oxygen atoms in total. The molecule has 1 fully saturated rings. The number of primary amides is 1. The summed E-state index contributed by atoms with van der Waals surface area (Å²) in [5.74, 6) is -0.588. The fraction of sp³-hybridized carbons (Fsp3) is 0.409. The smallest absolute Gasteiger partial charge is 0.269 e. The molecule has 1 atom stereocenters. The summed E-state index contributed by atoms with van der Waals surface area (Å²) in [5.41, 5.74) is 7.09. The topological polar surface area (TPSA) is 92.7 Å². The van der Waals surface area contributed by atoms with Crippen LogP contribution in [0.5, 0.6) is 0 Å². The molecular formula is C22H27FN4O3. The molecule has 2 N–H and O–H groups in total. The molecule has 8 heteroatoms. The van der Waals surface area contributed by atoms with E-state index < -0.39 is 4.92 Å². The van der Waals surface area contributed by atoms with Crippen LogP contribution >= 0.6 is 0 Å². The molecule has 2 aromatic carbocycles. The van der Waals surface area contributed by atoms with Gasteiger partial charge in [0.1, 0.15) is 5.82 Å². The van der Waals surface area contributed by atoms with Gasteiger partial charge in [-0.05, 0) is 49.6 Å². The number of nitro groups is 1. The number of carbonyl (C=O) groups excluding carboxylic acids is 1. The van der Waals surface area contributed by atoms with E-state index in [9.17, 15) is 19.3 Å². The minimum Gasteiger partial charge on any atom is -0.370 e. The Hall–Kier alpha value is -3.00. The maximum atomic E-state index is 13.7. The second-order valence-electron chi connectivity index (χ2n) is 7.82. The van der Waals surface area contributed by atoms with Crippen molar-refractivity contribution in [2.45, 2.75) is 44.8 Å². The van der Waals surface area contributed by atoms with E-state index in [0.29, 0.717) is 13.0 Å². The van der Waals surface area contributed by atoms with Gasteiger partial charge in [0.05, 0.1) is 4.92 Å². The molecule has 0 aliphatic carbocycles. The Kier molecular flexibility index (Phi) is 6.99. The first-order chi connectivity index (χ1) is 14.3. The van der Waals surface area contributed by atoms with Crippen molar-refractivity contribution in [2.75, 3.05) is 18.0 Å². The Bertz CT molecular complexity index is 882. The summed E-state index contributed by atoms with van der Waals surface area (Å²) in [6.07, 6.45) is 2.07. The molecule has 3 rings (SSSR count). The predicted octanol–water partition coefficient (Wildman–Crippen LogP) is 3.47. The van der Waals surface area contributed by atoms with Crippen LogP contribution in [0.4, 0.5) is 15.8 Å². The van der Waals surface area contributed by atoms with E-state index >= 15 is 0 Å². The lowest BCUT2D eigenvalue weighted by Gasteiger charge is -2.41. The van der Waals surface area contributed by atoms with E-state index in [1.165, 1.54) is 24.3 Å². The zero-order chi connectivity index (χ0) is 21.7. The van der Waals surface area contributed by atoms with E-state index in [2.05, 4.69) is 9.80 Å². The van der Waals surface area contributed by atoms with Crippen molar-refractivity contribution < 1.29 is 14.1 Å². The van der Waals surface area contributed by atoms with Gasteiger partial charge in [-0.1, -0.05) is 12.1 Å². The molecular weight excluding hydrogens is 387 g/mol. The molecule has 160 valence electrons. The highest BCUT2D eigenvalue weighted by Gasteiger charge is 2.28. The summed E-state index contributed by atoms with van der Waals surface area (Å²) in [6.45, 7) is 4.17. The molecule has 0 spiro atoms. The fourth-order valence-electron chi connectivity index (χ4n) is 4.09. The third-order valence-corrected chi connectivity index (χ3v) is 5.69. The summed E-state index contributed by atoms with van der Waals surface area (Å²) in [5, 5.41) is 11.0. The van der Waals surface area contributed by atoms with Gasteiger partial charge >= 0.3 is 0 Å². The molecule has 1 saturated heterocycles. The molecule has 0 saturated carbocycles. The number of benzene rings is 2. The van der Waals surface area contributed by atoms with Crippen LogP contribution in [0.1, 0.15) is 31.7 Å². The van der Waals surface area contributed by atoms with Crippen molar-refractivity contribution in [2.24, 2.45) is 5.73 Å². The first-order valence-corrected chi connectivity index (χ1v) is 10.1. The summed E-state index contributed by atoms with van der Waals surface area (Å²) in [4.78, 5) is 26.3. The Labute approximate surface area is 175 Å². The Morgan fingerprint density at radius 2 is 1.93 bits per heavy atom. The summed E-state index contributed by atoms with van der Waals surface area (Å²) >= 11 is 0. The first kappa shape index (κ1) is 21.7. The Morgan fingerprint density at radius 1 is 1.27 bits per heavy atom. The average Bonchev–Trinajstić information content (AvgIpc) is 2.72. The lowest BCUT2D eigenvalue weighted by Crippen LogP contribution is -2.48. The van der Waals surface area contributed by atoms with Crippen molar-refractivity contribution in [1.82, 2.24) is 4.90 Å². The van der Waals surface area contributed by atoms with Gasteiger partial charge in [0, 0.05) is 56.0 Å². The van der Waals surface area contributed by atoms with Crippen LogP contribution in [-0.4, -0.2) is 40.9 Å². The van der Waals surface area contributed by atoms with Gasteiger partial charge < -0.3 is 10.6 Å². The van der Waals surface area contributed by atoms with Gasteiger partial charge in [-0.25, -0.2) is 4.39 Å². The maximum absolute atomic E-state index is 13.7. The molecule has 1 amide bonds.